The van der Waals surface area contributed by atoms with Crippen LogP contribution in [0.4, 0.5) is 5.69 Å². The molecule has 0 aliphatic heterocycles. The summed E-state index contributed by atoms with van der Waals surface area (Å²) in [6, 6.07) is 0.152. The third kappa shape index (κ3) is 4.47. The molecule has 0 spiro atoms. The monoisotopic (exact) mass is 278 g/mol. The standard InChI is InChI=1S/C15H26N4O/c1-6-8-11(5)18-15(20)13-12(16-7-2)9-17-14(19-13)10(3)4/h9-11,16H,6-8H2,1-5H3,(H,18,20). The molecule has 1 aromatic rings. The van der Waals surface area contributed by atoms with Crippen LogP contribution in [-0.4, -0.2) is 28.5 Å². The maximum Gasteiger partial charge on any atom is 0.272 e. The van der Waals surface area contributed by atoms with Crippen LogP contribution in [0.15, 0.2) is 6.20 Å². The van der Waals surface area contributed by atoms with E-state index in [0.717, 1.165) is 19.4 Å². The highest BCUT2D eigenvalue weighted by atomic mass is 16.2. The summed E-state index contributed by atoms with van der Waals surface area (Å²) in [5.74, 6) is 0.761. The fraction of sp³-hybridized carbons (Fsp3) is 0.667. The third-order valence-corrected chi connectivity index (χ3v) is 3.01. The number of anilines is 1. The summed E-state index contributed by atoms with van der Waals surface area (Å²) >= 11 is 0. The molecule has 0 aliphatic rings. The molecule has 5 nitrogen and oxygen atoms in total. The van der Waals surface area contributed by atoms with Crippen molar-refractivity contribution in [3.8, 4) is 0 Å². The first-order valence-electron chi connectivity index (χ1n) is 7.41. The summed E-state index contributed by atoms with van der Waals surface area (Å²) in [5.41, 5.74) is 1.13. The second-order valence-electron chi connectivity index (χ2n) is 5.34. The Kier molecular flexibility index (Phi) is 6.42. The van der Waals surface area contributed by atoms with Gasteiger partial charge in [0, 0.05) is 18.5 Å². The Labute approximate surface area is 121 Å². The molecule has 0 bridgehead atoms. The third-order valence-electron chi connectivity index (χ3n) is 3.01. The summed E-state index contributed by atoms with van der Waals surface area (Å²) in [6.45, 7) is 10.9. The number of aromatic nitrogens is 2. The van der Waals surface area contributed by atoms with E-state index in [1.54, 1.807) is 6.20 Å². The van der Waals surface area contributed by atoms with Gasteiger partial charge in [0.05, 0.1) is 11.9 Å². The Morgan fingerprint density at radius 1 is 1.30 bits per heavy atom. The van der Waals surface area contributed by atoms with Crippen LogP contribution in [0.2, 0.25) is 0 Å². The van der Waals surface area contributed by atoms with Crippen LogP contribution in [0.25, 0.3) is 0 Å². The maximum absolute atomic E-state index is 12.4. The van der Waals surface area contributed by atoms with Gasteiger partial charge in [-0.25, -0.2) is 9.97 Å². The first-order chi connectivity index (χ1) is 9.49. The van der Waals surface area contributed by atoms with E-state index in [1.165, 1.54) is 0 Å². The highest BCUT2D eigenvalue weighted by molar-refractivity contribution is 5.97. The number of rotatable bonds is 7. The molecule has 5 heteroatoms. The van der Waals surface area contributed by atoms with Gasteiger partial charge in [-0.2, -0.15) is 0 Å². The van der Waals surface area contributed by atoms with E-state index in [4.69, 9.17) is 0 Å². The quantitative estimate of drug-likeness (QED) is 0.804. The Morgan fingerprint density at radius 3 is 2.55 bits per heavy atom. The van der Waals surface area contributed by atoms with Crippen LogP contribution in [0, 0.1) is 0 Å². The molecular weight excluding hydrogens is 252 g/mol. The average Bonchev–Trinajstić information content (AvgIpc) is 2.39. The number of amides is 1. The van der Waals surface area contributed by atoms with Crippen LogP contribution >= 0.6 is 0 Å². The van der Waals surface area contributed by atoms with Gasteiger partial charge < -0.3 is 10.6 Å². The minimum Gasteiger partial charge on any atom is -0.382 e. The van der Waals surface area contributed by atoms with E-state index in [-0.39, 0.29) is 17.9 Å². The zero-order valence-corrected chi connectivity index (χ0v) is 13.2. The fourth-order valence-electron chi connectivity index (χ4n) is 1.96. The fourth-order valence-corrected chi connectivity index (χ4v) is 1.96. The van der Waals surface area contributed by atoms with Gasteiger partial charge in [0.1, 0.15) is 5.82 Å². The molecule has 1 aromatic heterocycles. The molecule has 20 heavy (non-hydrogen) atoms. The lowest BCUT2D eigenvalue weighted by atomic mass is 10.1. The van der Waals surface area contributed by atoms with Crippen LogP contribution in [-0.2, 0) is 0 Å². The van der Waals surface area contributed by atoms with E-state index >= 15 is 0 Å². The molecule has 1 rings (SSSR count). The van der Waals surface area contributed by atoms with Crippen molar-refractivity contribution < 1.29 is 4.79 Å². The summed E-state index contributed by atoms with van der Waals surface area (Å²) in [7, 11) is 0. The number of carbonyl (C=O) groups excluding carboxylic acids is 1. The first-order valence-corrected chi connectivity index (χ1v) is 7.41. The second-order valence-corrected chi connectivity index (χ2v) is 5.34. The Morgan fingerprint density at radius 2 is 2.00 bits per heavy atom. The van der Waals surface area contributed by atoms with Gasteiger partial charge in [-0.1, -0.05) is 27.2 Å². The van der Waals surface area contributed by atoms with Crippen molar-refractivity contribution in [2.45, 2.75) is 59.4 Å². The molecule has 0 fully saturated rings. The Hall–Kier alpha value is -1.65. The van der Waals surface area contributed by atoms with Crippen molar-refractivity contribution in [1.82, 2.24) is 15.3 Å². The predicted octanol–water partition coefficient (Wildman–Crippen LogP) is 2.95. The molecule has 1 amide bonds. The van der Waals surface area contributed by atoms with Gasteiger partial charge in [0.15, 0.2) is 5.69 Å². The van der Waals surface area contributed by atoms with Crippen LogP contribution < -0.4 is 10.6 Å². The van der Waals surface area contributed by atoms with E-state index in [2.05, 4.69) is 27.5 Å². The summed E-state index contributed by atoms with van der Waals surface area (Å²) in [5, 5.41) is 6.14. The SMILES string of the molecule is CCCC(C)NC(=O)c1nc(C(C)C)ncc1NCC. The molecule has 1 unspecified atom stereocenters. The molecule has 0 saturated heterocycles. The van der Waals surface area contributed by atoms with Gasteiger partial charge in [-0.3, -0.25) is 4.79 Å². The van der Waals surface area contributed by atoms with Crippen LogP contribution in [0.1, 0.15) is 69.7 Å². The topological polar surface area (TPSA) is 66.9 Å². The Bertz CT molecular complexity index is 445. The van der Waals surface area contributed by atoms with E-state index in [1.807, 2.05) is 27.7 Å². The number of hydrogen-bond acceptors (Lipinski definition) is 4. The van der Waals surface area contributed by atoms with Gasteiger partial charge in [-0.15, -0.1) is 0 Å². The molecule has 0 aliphatic carbocycles. The highest BCUT2D eigenvalue weighted by Gasteiger charge is 2.17. The molecule has 2 N–H and O–H groups in total. The number of hydrogen-bond donors (Lipinski definition) is 2. The molecule has 0 saturated carbocycles. The zero-order chi connectivity index (χ0) is 15.1. The Balaban J connectivity index is 2.99. The van der Waals surface area contributed by atoms with Gasteiger partial charge in [-0.05, 0) is 20.3 Å². The average molecular weight is 278 g/mol. The largest absolute Gasteiger partial charge is 0.382 e. The van der Waals surface area contributed by atoms with Gasteiger partial charge in [0.25, 0.3) is 5.91 Å². The molecule has 112 valence electrons. The van der Waals surface area contributed by atoms with Crippen molar-refractivity contribution in [3.05, 3.63) is 17.7 Å². The smallest absolute Gasteiger partial charge is 0.272 e. The molecule has 0 aromatic carbocycles. The van der Waals surface area contributed by atoms with Crippen LogP contribution in [0.3, 0.4) is 0 Å². The zero-order valence-electron chi connectivity index (χ0n) is 13.2. The maximum atomic E-state index is 12.4. The van der Waals surface area contributed by atoms with Crippen LogP contribution in [0.5, 0.6) is 0 Å². The summed E-state index contributed by atoms with van der Waals surface area (Å²) < 4.78 is 0. The molecule has 1 heterocycles. The van der Waals surface area contributed by atoms with E-state index in [0.29, 0.717) is 17.2 Å². The predicted molar refractivity (Wildman–Crippen MR) is 82.1 cm³/mol. The highest BCUT2D eigenvalue weighted by Crippen LogP contribution is 2.16. The number of nitrogens with one attached hydrogen (secondary N) is 2. The van der Waals surface area contributed by atoms with Crippen molar-refractivity contribution in [3.63, 3.8) is 0 Å². The lowest BCUT2D eigenvalue weighted by Gasteiger charge is -2.16. The van der Waals surface area contributed by atoms with Crippen molar-refractivity contribution in [2.75, 3.05) is 11.9 Å². The van der Waals surface area contributed by atoms with Crippen molar-refractivity contribution in [2.24, 2.45) is 0 Å². The normalized spacial score (nSPS) is 12.3. The molecule has 0 radical (unpaired) electrons. The first kappa shape index (κ1) is 16.4. The van der Waals surface area contributed by atoms with E-state index < -0.39 is 0 Å². The number of nitrogens with zero attached hydrogens (tertiary/aromatic N) is 2. The lowest BCUT2D eigenvalue weighted by Crippen LogP contribution is -2.33. The minimum atomic E-state index is -0.133. The molecular formula is C15H26N4O. The lowest BCUT2D eigenvalue weighted by molar-refractivity contribution is 0.0933. The van der Waals surface area contributed by atoms with Gasteiger partial charge >= 0.3 is 0 Å². The molecule has 1 atom stereocenters. The number of carbonyl (C=O) groups is 1. The second kappa shape index (κ2) is 7.82. The van der Waals surface area contributed by atoms with Gasteiger partial charge in [0.2, 0.25) is 0 Å². The van der Waals surface area contributed by atoms with Crippen molar-refractivity contribution >= 4 is 11.6 Å². The van der Waals surface area contributed by atoms with E-state index in [9.17, 15) is 4.79 Å². The van der Waals surface area contributed by atoms with Crippen molar-refractivity contribution in [1.29, 1.82) is 0 Å². The summed E-state index contributed by atoms with van der Waals surface area (Å²) in [4.78, 5) is 21.1. The minimum absolute atomic E-state index is 0.133. The summed E-state index contributed by atoms with van der Waals surface area (Å²) in [6.07, 6.45) is 3.71.